The Kier molecular flexibility index (Phi) is 11.4. The van der Waals surface area contributed by atoms with Crippen molar-refractivity contribution < 1.29 is 43.2 Å². The van der Waals surface area contributed by atoms with Crippen LogP contribution in [0.15, 0.2) is 18.3 Å². The molecule has 15 heteroatoms. The molecule has 2 aromatic rings. The highest BCUT2D eigenvalue weighted by Gasteiger charge is 2.16. The van der Waals surface area contributed by atoms with Gasteiger partial charge in [-0.1, -0.05) is 0 Å². The topological polar surface area (TPSA) is 227 Å². The first-order valence-corrected chi connectivity index (χ1v) is 11.3. The number of carbonyl (C=O) groups excluding carboxylic acids is 3. The van der Waals surface area contributed by atoms with Crippen LogP contribution in [0.25, 0.3) is 0 Å². The third-order valence-electron chi connectivity index (χ3n) is 4.86. The Hall–Kier alpha value is -4.82. The number of benzene rings is 1. The summed E-state index contributed by atoms with van der Waals surface area (Å²) in [6, 6.07) is 3.47. The number of methoxy groups -OCH3 is 2. The zero-order valence-corrected chi connectivity index (χ0v) is 20.9. The number of nitrogens with zero attached hydrogens (tertiary/aromatic N) is 2. The number of carboxylic acids is 1. The van der Waals surface area contributed by atoms with E-state index < -0.39 is 36.8 Å². The second-order valence-electron chi connectivity index (χ2n) is 7.66. The van der Waals surface area contributed by atoms with Crippen molar-refractivity contribution in [2.24, 2.45) is 0 Å². The van der Waals surface area contributed by atoms with Crippen LogP contribution in [-0.4, -0.2) is 79.4 Å². The predicted octanol–water partition coefficient (Wildman–Crippen LogP) is -0.732. The van der Waals surface area contributed by atoms with E-state index in [0.29, 0.717) is 29.2 Å². The third-order valence-corrected chi connectivity index (χ3v) is 4.86. The van der Waals surface area contributed by atoms with Gasteiger partial charge in [0.15, 0.2) is 11.5 Å². The number of rotatable bonds is 15. The molecule has 0 saturated heterocycles. The van der Waals surface area contributed by atoms with Crippen LogP contribution in [0.4, 0.5) is 11.8 Å². The number of esters is 1. The fourth-order valence-corrected chi connectivity index (χ4v) is 3.06. The molecule has 1 aromatic carbocycles. The van der Waals surface area contributed by atoms with Crippen molar-refractivity contribution in [3.8, 4) is 17.2 Å². The summed E-state index contributed by atoms with van der Waals surface area (Å²) in [5.41, 5.74) is 12.9. The molecule has 0 bridgehead atoms. The van der Waals surface area contributed by atoms with E-state index in [2.05, 4.69) is 20.6 Å². The van der Waals surface area contributed by atoms with Crippen LogP contribution in [0.5, 0.6) is 17.2 Å². The van der Waals surface area contributed by atoms with Crippen molar-refractivity contribution in [1.82, 2.24) is 20.6 Å². The van der Waals surface area contributed by atoms with Gasteiger partial charge in [-0.25, -0.2) is 4.98 Å². The molecule has 0 aliphatic heterocycles. The lowest BCUT2D eigenvalue weighted by atomic mass is 10.1. The van der Waals surface area contributed by atoms with E-state index >= 15 is 0 Å². The predicted molar refractivity (Wildman–Crippen MR) is 133 cm³/mol. The molecule has 15 nitrogen and oxygen atoms in total. The van der Waals surface area contributed by atoms with Crippen molar-refractivity contribution in [3.05, 3.63) is 29.5 Å². The molecule has 0 fully saturated rings. The highest BCUT2D eigenvalue weighted by molar-refractivity contribution is 5.87. The van der Waals surface area contributed by atoms with Gasteiger partial charge in [-0.15, -0.1) is 0 Å². The molecule has 38 heavy (non-hydrogen) atoms. The molecule has 0 atom stereocenters. The summed E-state index contributed by atoms with van der Waals surface area (Å²) in [4.78, 5) is 53.3. The van der Waals surface area contributed by atoms with Crippen LogP contribution < -0.4 is 36.3 Å². The largest absolute Gasteiger partial charge is 0.493 e. The molecule has 0 aliphatic carbocycles. The smallest absolute Gasteiger partial charge is 0.322 e. The van der Waals surface area contributed by atoms with Crippen molar-refractivity contribution in [2.45, 2.75) is 19.3 Å². The Morgan fingerprint density at radius 3 is 2.21 bits per heavy atom. The van der Waals surface area contributed by atoms with Gasteiger partial charge in [-0.3, -0.25) is 19.2 Å². The minimum atomic E-state index is -1.21. The number of anilines is 2. The minimum Gasteiger partial charge on any atom is -0.493 e. The van der Waals surface area contributed by atoms with Gasteiger partial charge in [0.05, 0.1) is 27.2 Å². The highest BCUT2D eigenvalue weighted by Crippen LogP contribution is 2.39. The lowest BCUT2D eigenvalue weighted by Gasteiger charge is -2.16. The SMILES string of the molecule is COc1cc(Cc2cnc(N)nc2N)cc(OC)c1OCCOC(=O)CCC(=O)NCC(=O)NCC(=O)O. The lowest BCUT2D eigenvalue weighted by molar-refractivity contribution is -0.145. The Morgan fingerprint density at radius 1 is 0.947 bits per heavy atom. The molecule has 2 amide bonds. The molecule has 206 valence electrons. The van der Waals surface area contributed by atoms with Gasteiger partial charge in [0.2, 0.25) is 23.5 Å². The van der Waals surface area contributed by atoms with E-state index in [1.54, 1.807) is 12.1 Å². The zero-order chi connectivity index (χ0) is 28.1. The van der Waals surface area contributed by atoms with Crippen LogP contribution in [0.3, 0.4) is 0 Å². The molecule has 0 aliphatic rings. The standard InChI is InChI=1S/C23H30N6O9/c1-35-15-8-13(7-14-10-28-23(25)29-22(14)24)9-16(36-2)21(15)38-6-5-37-20(34)4-3-17(30)26-11-18(31)27-12-19(32)33/h8-10H,3-7,11-12H2,1-2H3,(H,26,30)(H,27,31)(H,32,33)(H4,24,25,28,29). The van der Waals surface area contributed by atoms with E-state index in [1.807, 2.05) is 0 Å². The quantitative estimate of drug-likeness (QED) is 0.140. The average molecular weight is 535 g/mol. The molecule has 2 rings (SSSR count). The van der Waals surface area contributed by atoms with Crippen molar-refractivity contribution in [3.63, 3.8) is 0 Å². The van der Waals surface area contributed by atoms with Gasteiger partial charge in [-0.05, 0) is 17.7 Å². The number of nitrogens with two attached hydrogens (primary N) is 2. The number of nitrogens with one attached hydrogen (secondary N) is 2. The fourth-order valence-electron chi connectivity index (χ4n) is 3.06. The maximum atomic E-state index is 11.9. The molecule has 1 heterocycles. The number of ether oxygens (including phenoxy) is 4. The van der Waals surface area contributed by atoms with Crippen LogP contribution in [-0.2, 0) is 30.3 Å². The van der Waals surface area contributed by atoms with Gasteiger partial charge in [0.1, 0.15) is 25.6 Å². The number of aromatic nitrogens is 2. The summed E-state index contributed by atoms with van der Waals surface area (Å²) in [7, 11) is 2.93. The molecule has 0 unspecified atom stereocenters. The van der Waals surface area contributed by atoms with E-state index in [9.17, 15) is 19.2 Å². The monoisotopic (exact) mass is 534 g/mol. The van der Waals surface area contributed by atoms with Gasteiger partial charge in [0, 0.05) is 24.6 Å². The summed E-state index contributed by atoms with van der Waals surface area (Å²) in [5, 5.41) is 12.9. The third kappa shape index (κ3) is 9.67. The van der Waals surface area contributed by atoms with Gasteiger partial charge >= 0.3 is 11.9 Å². The van der Waals surface area contributed by atoms with Crippen LogP contribution in [0, 0.1) is 0 Å². The van der Waals surface area contributed by atoms with E-state index in [1.165, 1.54) is 20.4 Å². The number of carboxylic acid groups (broad SMARTS) is 1. The number of carbonyl (C=O) groups is 4. The number of hydrogen-bond donors (Lipinski definition) is 5. The number of aliphatic carboxylic acids is 1. The minimum absolute atomic E-state index is 0.0213. The van der Waals surface area contributed by atoms with E-state index in [-0.39, 0.29) is 37.8 Å². The van der Waals surface area contributed by atoms with Gasteiger partial charge in [-0.2, -0.15) is 4.98 Å². The summed E-state index contributed by atoms with van der Waals surface area (Å²) in [6.45, 7) is -1.09. The van der Waals surface area contributed by atoms with E-state index in [4.69, 9.17) is 35.5 Å². The average Bonchev–Trinajstić information content (AvgIpc) is 2.89. The summed E-state index contributed by atoms with van der Waals surface area (Å²) in [6.07, 6.45) is 1.50. The second kappa shape index (κ2) is 14.7. The maximum Gasteiger partial charge on any atom is 0.322 e. The first kappa shape index (κ1) is 29.4. The first-order chi connectivity index (χ1) is 18.1. The molecule has 0 spiro atoms. The highest BCUT2D eigenvalue weighted by atomic mass is 16.6. The van der Waals surface area contributed by atoms with Gasteiger partial charge in [0.25, 0.3) is 0 Å². The Labute approximate surface area is 217 Å². The summed E-state index contributed by atoms with van der Waals surface area (Å²) >= 11 is 0. The summed E-state index contributed by atoms with van der Waals surface area (Å²) in [5.74, 6) is -1.68. The fraction of sp³-hybridized carbons (Fsp3) is 0.391. The van der Waals surface area contributed by atoms with E-state index in [0.717, 1.165) is 5.56 Å². The normalized spacial score (nSPS) is 10.3. The maximum absolute atomic E-state index is 11.9. The Bertz CT molecular complexity index is 1130. The first-order valence-electron chi connectivity index (χ1n) is 11.3. The molecule has 1 aromatic heterocycles. The molecule has 0 radical (unpaired) electrons. The molecular formula is C23H30N6O9. The van der Waals surface area contributed by atoms with Crippen molar-refractivity contribution >= 4 is 35.5 Å². The zero-order valence-electron chi connectivity index (χ0n) is 20.9. The van der Waals surface area contributed by atoms with Crippen molar-refractivity contribution in [2.75, 3.05) is 52.0 Å². The lowest BCUT2D eigenvalue weighted by Crippen LogP contribution is -2.39. The molecular weight excluding hydrogens is 504 g/mol. The number of hydrogen-bond acceptors (Lipinski definition) is 12. The Balaban J connectivity index is 1.81. The van der Waals surface area contributed by atoms with Crippen LogP contribution in [0.2, 0.25) is 0 Å². The molecule has 7 N–H and O–H groups in total. The van der Waals surface area contributed by atoms with Crippen LogP contribution >= 0.6 is 0 Å². The second-order valence-corrected chi connectivity index (χ2v) is 7.66. The van der Waals surface area contributed by atoms with Gasteiger partial charge < -0.3 is 46.2 Å². The number of nitrogen functional groups attached to an aromatic ring is 2. The van der Waals surface area contributed by atoms with Crippen LogP contribution in [0.1, 0.15) is 24.0 Å². The Morgan fingerprint density at radius 2 is 1.61 bits per heavy atom. The van der Waals surface area contributed by atoms with Crippen molar-refractivity contribution in [1.29, 1.82) is 0 Å². The molecule has 0 saturated carbocycles. The number of amides is 2. The summed E-state index contributed by atoms with van der Waals surface area (Å²) < 4.78 is 21.6.